The number of aromatic nitrogens is 3. The Morgan fingerprint density at radius 1 is 1.23 bits per heavy atom. The molecule has 2 aromatic rings. The van der Waals surface area contributed by atoms with Gasteiger partial charge >= 0.3 is 5.69 Å². The first-order valence-corrected chi connectivity index (χ1v) is 10.6. The molecule has 2 fully saturated rings. The summed E-state index contributed by atoms with van der Waals surface area (Å²) in [6, 6.07) is 4.67. The summed E-state index contributed by atoms with van der Waals surface area (Å²) in [6.45, 7) is 0.653. The van der Waals surface area contributed by atoms with Crippen molar-refractivity contribution in [2.24, 2.45) is 11.3 Å². The number of amides is 1. The lowest BCUT2D eigenvalue weighted by atomic mass is 9.68. The van der Waals surface area contributed by atoms with E-state index in [0.717, 1.165) is 29.6 Å². The van der Waals surface area contributed by atoms with Gasteiger partial charge in [-0.2, -0.15) is 9.78 Å². The molecule has 2 radical (unpaired) electrons. The Labute approximate surface area is 180 Å². The van der Waals surface area contributed by atoms with Crippen LogP contribution in [0.25, 0.3) is 5.69 Å². The summed E-state index contributed by atoms with van der Waals surface area (Å²) in [5, 5.41) is 7.24. The van der Waals surface area contributed by atoms with Gasteiger partial charge in [0.2, 0.25) is 0 Å². The Bertz CT molecular complexity index is 1030. The zero-order chi connectivity index (χ0) is 20.4. The molecule has 30 heavy (non-hydrogen) atoms. The maximum absolute atomic E-state index is 12.9. The third kappa shape index (κ3) is 4.67. The molecule has 2 unspecified atom stereocenters. The van der Waals surface area contributed by atoms with Crippen molar-refractivity contribution in [1.29, 1.82) is 0 Å². The number of halogens is 1. The zero-order valence-corrected chi connectivity index (χ0v) is 17.7. The molecule has 2 saturated carbocycles. The van der Waals surface area contributed by atoms with E-state index in [1.165, 1.54) is 44.6 Å². The zero-order valence-electron chi connectivity index (χ0n) is 17.0. The van der Waals surface area contributed by atoms with E-state index in [4.69, 9.17) is 11.6 Å². The number of nitrogens with zero attached hydrogens (tertiary/aromatic N) is 2. The molecule has 2 aliphatic rings. The minimum atomic E-state index is -0.670. The van der Waals surface area contributed by atoms with Gasteiger partial charge in [0.25, 0.3) is 11.5 Å². The molecule has 1 aromatic carbocycles. The maximum Gasteiger partial charge on any atom is 0.349 e. The summed E-state index contributed by atoms with van der Waals surface area (Å²) in [6.07, 6.45) is 10.9. The molecule has 2 bridgehead atoms. The molecule has 8 heteroatoms. The molecule has 160 valence electrons. The van der Waals surface area contributed by atoms with Gasteiger partial charge in [0, 0.05) is 6.54 Å². The van der Waals surface area contributed by atoms with Crippen LogP contribution in [0.1, 0.15) is 61.7 Å². The largest absolute Gasteiger partial charge is 0.351 e. The molecule has 1 aromatic heterocycles. The third-order valence-electron chi connectivity index (χ3n) is 6.39. The summed E-state index contributed by atoms with van der Waals surface area (Å²) in [4.78, 5) is 38.3. The number of rotatable bonds is 4. The SMILES string of the molecule is O=C(NCC12CCCCC(CCC1)C2)c1cc(-n2ncc(=O)[nH]c2=O)ccc1Cl.[CH2]. The van der Waals surface area contributed by atoms with Gasteiger partial charge in [-0.15, -0.1) is 0 Å². The van der Waals surface area contributed by atoms with E-state index in [-0.39, 0.29) is 18.7 Å². The Balaban J connectivity index is 0.00000256. The third-order valence-corrected chi connectivity index (χ3v) is 6.72. The van der Waals surface area contributed by atoms with Gasteiger partial charge in [-0.25, -0.2) is 4.79 Å². The molecule has 2 N–H and O–H groups in total. The average Bonchev–Trinajstić information content (AvgIpc) is 2.84. The van der Waals surface area contributed by atoms with E-state index in [1.807, 2.05) is 0 Å². The number of aromatic amines is 1. The quantitative estimate of drug-likeness (QED) is 0.776. The van der Waals surface area contributed by atoms with Gasteiger partial charge in [-0.05, 0) is 48.8 Å². The lowest BCUT2D eigenvalue weighted by Gasteiger charge is -2.39. The van der Waals surface area contributed by atoms with Gasteiger partial charge in [0.05, 0.1) is 16.3 Å². The number of nitrogens with one attached hydrogen (secondary N) is 2. The molecule has 1 amide bonds. The number of benzene rings is 1. The van der Waals surface area contributed by atoms with Crippen LogP contribution in [-0.4, -0.2) is 27.2 Å². The molecule has 2 atom stereocenters. The van der Waals surface area contributed by atoms with Gasteiger partial charge < -0.3 is 5.32 Å². The predicted octanol–water partition coefficient (Wildman–Crippen LogP) is 3.38. The minimum absolute atomic E-state index is 0. The van der Waals surface area contributed by atoms with Crippen molar-refractivity contribution in [3.63, 3.8) is 0 Å². The minimum Gasteiger partial charge on any atom is -0.351 e. The molecule has 4 rings (SSSR count). The first-order chi connectivity index (χ1) is 14.0. The summed E-state index contributed by atoms with van der Waals surface area (Å²) < 4.78 is 1.03. The molecule has 0 spiro atoms. The van der Waals surface area contributed by atoms with Crippen molar-refractivity contribution in [2.75, 3.05) is 6.54 Å². The summed E-state index contributed by atoms with van der Waals surface area (Å²) in [5.41, 5.74) is -0.396. The molecular weight excluding hydrogens is 404 g/mol. The average molecular weight is 431 g/mol. The van der Waals surface area contributed by atoms with Crippen molar-refractivity contribution >= 4 is 17.5 Å². The van der Waals surface area contributed by atoms with E-state index >= 15 is 0 Å². The van der Waals surface area contributed by atoms with Crippen LogP contribution in [0.5, 0.6) is 0 Å². The predicted molar refractivity (Wildman–Crippen MR) is 116 cm³/mol. The van der Waals surface area contributed by atoms with E-state index < -0.39 is 11.2 Å². The molecule has 0 aliphatic heterocycles. The first-order valence-electron chi connectivity index (χ1n) is 10.2. The summed E-state index contributed by atoms with van der Waals surface area (Å²) >= 11 is 6.27. The second-order valence-corrected chi connectivity index (χ2v) is 8.81. The van der Waals surface area contributed by atoms with Crippen LogP contribution in [-0.2, 0) is 0 Å². The number of carbonyl (C=O) groups is 1. The van der Waals surface area contributed by atoms with Crippen molar-refractivity contribution in [3.05, 3.63) is 63.2 Å². The molecule has 2 aliphatic carbocycles. The van der Waals surface area contributed by atoms with E-state index in [0.29, 0.717) is 22.8 Å². The van der Waals surface area contributed by atoms with Crippen molar-refractivity contribution < 1.29 is 4.79 Å². The van der Waals surface area contributed by atoms with E-state index in [1.54, 1.807) is 12.1 Å². The standard InChI is InChI=1S/C21H25ClN4O3.CH2/c22-17-7-6-15(26-20(29)25-18(27)12-24-26)10-16(17)19(28)23-13-21-8-2-1-4-14(11-21)5-3-9-21;/h6-7,10,12,14H,1-5,8-9,11,13H2,(H,23,28)(H,25,27,29);1H2. The maximum atomic E-state index is 12.9. The number of carbonyl (C=O) groups excluding carboxylic acids is 1. The van der Waals surface area contributed by atoms with Gasteiger partial charge in [-0.3, -0.25) is 14.6 Å². The number of H-pyrrole nitrogens is 1. The van der Waals surface area contributed by atoms with Crippen LogP contribution in [0.15, 0.2) is 34.0 Å². The van der Waals surface area contributed by atoms with Crippen LogP contribution in [0.3, 0.4) is 0 Å². The molecule has 0 saturated heterocycles. The molecule has 1 heterocycles. The Morgan fingerprint density at radius 3 is 2.80 bits per heavy atom. The summed E-state index contributed by atoms with van der Waals surface area (Å²) in [7, 11) is 0. The van der Waals surface area contributed by atoms with Crippen LogP contribution in [0.2, 0.25) is 5.02 Å². The second kappa shape index (κ2) is 9.16. The highest BCUT2D eigenvalue weighted by Gasteiger charge is 2.37. The highest BCUT2D eigenvalue weighted by Crippen LogP contribution is 2.47. The van der Waals surface area contributed by atoms with Gasteiger partial charge in [0.1, 0.15) is 6.20 Å². The van der Waals surface area contributed by atoms with Gasteiger partial charge in [-0.1, -0.05) is 51.1 Å². The number of hydrogen-bond donors (Lipinski definition) is 2. The Hall–Kier alpha value is -2.41. The lowest BCUT2D eigenvalue weighted by Crippen LogP contribution is -2.40. The van der Waals surface area contributed by atoms with Crippen LogP contribution in [0.4, 0.5) is 0 Å². The molecule has 7 nitrogen and oxygen atoms in total. The van der Waals surface area contributed by atoms with E-state index in [9.17, 15) is 14.4 Å². The van der Waals surface area contributed by atoms with Crippen molar-refractivity contribution in [2.45, 2.75) is 51.4 Å². The van der Waals surface area contributed by atoms with Crippen LogP contribution in [0, 0.1) is 18.8 Å². The smallest absolute Gasteiger partial charge is 0.349 e. The highest BCUT2D eigenvalue weighted by molar-refractivity contribution is 6.33. The Morgan fingerprint density at radius 2 is 2.00 bits per heavy atom. The number of fused-ring (bicyclic) bond motifs is 2. The normalized spacial score (nSPS) is 23.2. The topological polar surface area (TPSA) is 96.8 Å². The summed E-state index contributed by atoms with van der Waals surface area (Å²) in [5.74, 6) is 0.531. The first kappa shape index (κ1) is 22.3. The monoisotopic (exact) mass is 430 g/mol. The second-order valence-electron chi connectivity index (χ2n) is 8.41. The number of hydrogen-bond acceptors (Lipinski definition) is 4. The van der Waals surface area contributed by atoms with Crippen molar-refractivity contribution in [1.82, 2.24) is 20.1 Å². The lowest BCUT2D eigenvalue weighted by molar-refractivity contribution is 0.0877. The van der Waals surface area contributed by atoms with Crippen LogP contribution >= 0.6 is 11.6 Å². The Kier molecular flexibility index (Phi) is 6.81. The fourth-order valence-corrected chi connectivity index (χ4v) is 5.16. The highest BCUT2D eigenvalue weighted by atomic mass is 35.5. The molecular formula is C22H27ClN4O3. The fourth-order valence-electron chi connectivity index (χ4n) is 4.96. The fraction of sp³-hybridized carbons (Fsp3) is 0.500. The van der Waals surface area contributed by atoms with E-state index in [2.05, 4.69) is 15.4 Å². The van der Waals surface area contributed by atoms with Crippen molar-refractivity contribution in [3.8, 4) is 5.69 Å². The van der Waals surface area contributed by atoms with Crippen LogP contribution < -0.4 is 16.6 Å². The van der Waals surface area contributed by atoms with Gasteiger partial charge in [0.15, 0.2) is 0 Å².